The SMILES string of the molecule is CC1(C)C2CCCCC2C2CCC(N(C3CCC(N=NC4CCC(N(C5CCC6C7CCCCC7C(C)(C)C6C5)C5CCC6C7CCCCC7C(C)(C)C6C5)CC4)CC3)C3CCC4C5CCCCC5C(C)(C)C4C3)CC21. The molecular weight excluding hydrogens is 921 g/mol. The van der Waals surface area contributed by atoms with Crippen LogP contribution in [0.5, 0.6) is 0 Å². The van der Waals surface area contributed by atoms with Crippen molar-refractivity contribution in [3.8, 4) is 0 Å². The smallest absolute Gasteiger partial charge is 0.0709 e. The fourth-order valence-electron chi connectivity index (χ4n) is 27.6. The van der Waals surface area contributed by atoms with Gasteiger partial charge in [0.1, 0.15) is 0 Å². The van der Waals surface area contributed by atoms with E-state index in [-0.39, 0.29) is 0 Å². The van der Waals surface area contributed by atoms with Gasteiger partial charge in [0.05, 0.1) is 12.1 Å². The van der Waals surface area contributed by atoms with E-state index < -0.39 is 0 Å². The van der Waals surface area contributed by atoms with Crippen LogP contribution in [-0.4, -0.2) is 58.1 Å². The lowest BCUT2D eigenvalue weighted by Crippen LogP contribution is -2.55. The third-order valence-corrected chi connectivity index (χ3v) is 30.9. The van der Waals surface area contributed by atoms with E-state index in [2.05, 4.69) is 65.2 Å². The topological polar surface area (TPSA) is 31.2 Å². The number of hydrogen-bond donors (Lipinski definition) is 0. The van der Waals surface area contributed by atoms with E-state index in [1.807, 2.05) is 0 Å². The first kappa shape index (κ1) is 53.5. The Labute approximate surface area is 469 Å². The summed E-state index contributed by atoms with van der Waals surface area (Å²) in [6.45, 7) is 22.1. The number of fused-ring (bicyclic) bond motifs is 12. The van der Waals surface area contributed by atoms with Gasteiger partial charge in [-0.3, -0.25) is 9.80 Å². The molecule has 0 aromatic heterocycles. The molecule has 0 aliphatic heterocycles. The zero-order valence-electron chi connectivity index (χ0n) is 51.1. The zero-order chi connectivity index (χ0) is 51.9. The molecule has 0 amide bonds. The predicted molar refractivity (Wildman–Crippen MR) is 316 cm³/mol. The first-order valence-corrected chi connectivity index (χ1v) is 35.6. The number of nitrogens with zero attached hydrogens (tertiary/aromatic N) is 4. The van der Waals surface area contributed by atoms with E-state index in [0.29, 0.717) is 33.7 Å². The van der Waals surface area contributed by atoms with E-state index in [1.165, 1.54) is 205 Å². The molecule has 14 fully saturated rings. The van der Waals surface area contributed by atoms with E-state index >= 15 is 0 Å². The van der Waals surface area contributed by atoms with Crippen molar-refractivity contribution >= 4 is 0 Å². The Morgan fingerprint density at radius 2 is 0.434 bits per heavy atom. The maximum atomic E-state index is 5.45. The summed E-state index contributed by atoms with van der Waals surface area (Å²) in [5, 5.41) is 10.9. The van der Waals surface area contributed by atoms with Crippen LogP contribution in [0.25, 0.3) is 0 Å². The van der Waals surface area contributed by atoms with Crippen molar-refractivity contribution in [1.82, 2.24) is 9.80 Å². The lowest BCUT2D eigenvalue weighted by atomic mass is 9.65. The number of rotatable bonds is 8. The van der Waals surface area contributed by atoms with Gasteiger partial charge < -0.3 is 0 Å². The lowest BCUT2D eigenvalue weighted by molar-refractivity contribution is -0.0346. The maximum Gasteiger partial charge on any atom is 0.0709 e. The summed E-state index contributed by atoms with van der Waals surface area (Å²) in [6.07, 6.45) is 53.3. The standard InChI is InChI=1S/C72H120N4/c1-69(2)61-21-13-9-17-53(61)57-37-33-49(41-65(57)69)75(50-34-38-58-54-18-10-14-22-62(54)70(3,4)66(58)42-50)47-29-25-45(26-30-47)73-74-46-27-31-48(32-28-46)76(51-35-39-59-55-19-11-15-23-63(55)71(5,6)67(59)43-51)52-36-40-60-56-20-12-16-24-64(56)72(7,8)68(60)44-52/h45-68H,9-44H2,1-8H3. The Morgan fingerprint density at radius 3 is 0.684 bits per heavy atom. The summed E-state index contributed by atoms with van der Waals surface area (Å²) in [5.74, 6) is 16.1. The minimum absolute atomic E-state index is 0.467. The monoisotopic (exact) mass is 1040 g/mol. The molecule has 0 aromatic rings. The summed E-state index contributed by atoms with van der Waals surface area (Å²) in [7, 11) is 0. The molecule has 14 aliphatic rings. The second-order valence-electron chi connectivity index (χ2n) is 34.5. The maximum absolute atomic E-state index is 5.45. The van der Waals surface area contributed by atoms with Crippen LogP contribution >= 0.6 is 0 Å². The van der Waals surface area contributed by atoms with Crippen LogP contribution in [0, 0.1) is 116 Å². The fourth-order valence-corrected chi connectivity index (χ4v) is 27.6. The van der Waals surface area contributed by atoms with Crippen LogP contribution in [-0.2, 0) is 0 Å². The second kappa shape index (κ2) is 20.7. The molecule has 428 valence electrons. The largest absolute Gasteiger partial charge is 0.294 e. The summed E-state index contributed by atoms with van der Waals surface area (Å²) in [5.41, 5.74) is 2.14. The van der Waals surface area contributed by atoms with Gasteiger partial charge in [0, 0.05) is 36.3 Å². The van der Waals surface area contributed by atoms with Crippen LogP contribution in [0.2, 0.25) is 0 Å². The van der Waals surface area contributed by atoms with Crippen molar-refractivity contribution in [2.45, 2.75) is 335 Å². The van der Waals surface area contributed by atoms with Crippen molar-refractivity contribution < 1.29 is 0 Å². The van der Waals surface area contributed by atoms with Crippen molar-refractivity contribution in [3.63, 3.8) is 0 Å². The van der Waals surface area contributed by atoms with Gasteiger partial charge in [-0.15, -0.1) is 0 Å². The molecule has 14 aliphatic carbocycles. The van der Waals surface area contributed by atoms with Gasteiger partial charge in [-0.05, 0) is 296 Å². The van der Waals surface area contributed by atoms with E-state index in [4.69, 9.17) is 10.2 Å². The zero-order valence-corrected chi connectivity index (χ0v) is 51.1. The van der Waals surface area contributed by atoms with Gasteiger partial charge in [0.2, 0.25) is 0 Å². The molecule has 20 unspecified atom stereocenters. The van der Waals surface area contributed by atoms with Crippen LogP contribution in [0.3, 0.4) is 0 Å². The Kier molecular flexibility index (Phi) is 14.6. The van der Waals surface area contributed by atoms with E-state index in [1.54, 1.807) is 25.7 Å². The molecule has 76 heavy (non-hydrogen) atoms. The predicted octanol–water partition coefficient (Wildman–Crippen LogP) is 19.2. The first-order chi connectivity index (χ1) is 36.7. The highest BCUT2D eigenvalue weighted by Crippen LogP contribution is 2.68. The van der Waals surface area contributed by atoms with Crippen LogP contribution < -0.4 is 0 Å². The average molecular weight is 1040 g/mol. The molecule has 4 nitrogen and oxygen atoms in total. The van der Waals surface area contributed by atoms with E-state index in [0.717, 1.165) is 131 Å². The van der Waals surface area contributed by atoms with Gasteiger partial charge >= 0.3 is 0 Å². The number of hydrogen-bond acceptors (Lipinski definition) is 4. The summed E-state index contributed by atoms with van der Waals surface area (Å²) in [6, 6.07) is 5.76. The highest BCUT2D eigenvalue weighted by molar-refractivity contribution is 5.13. The fraction of sp³-hybridized carbons (Fsp3) is 1.00. The van der Waals surface area contributed by atoms with Crippen molar-refractivity contribution in [2.24, 2.45) is 127 Å². The van der Waals surface area contributed by atoms with Crippen LogP contribution in [0.15, 0.2) is 10.2 Å². The molecule has 0 heterocycles. The average Bonchev–Trinajstić information content (AvgIpc) is 4.04. The Hall–Kier alpha value is -0.480. The normalized spacial score (nSPS) is 52.0. The summed E-state index contributed by atoms with van der Waals surface area (Å²) in [4.78, 5) is 6.76. The summed E-state index contributed by atoms with van der Waals surface area (Å²) < 4.78 is 0. The van der Waals surface area contributed by atoms with Gasteiger partial charge in [-0.25, -0.2) is 0 Å². The van der Waals surface area contributed by atoms with Crippen molar-refractivity contribution in [1.29, 1.82) is 0 Å². The highest BCUT2D eigenvalue weighted by atomic mass is 15.2. The van der Waals surface area contributed by atoms with Gasteiger partial charge in [-0.2, -0.15) is 10.2 Å². The van der Waals surface area contributed by atoms with Gasteiger partial charge in [0.15, 0.2) is 0 Å². The van der Waals surface area contributed by atoms with Gasteiger partial charge in [0.25, 0.3) is 0 Å². The summed E-state index contributed by atoms with van der Waals surface area (Å²) >= 11 is 0. The molecule has 0 aromatic carbocycles. The number of azo groups is 1. The Balaban J connectivity index is 0.652. The molecule has 0 radical (unpaired) electrons. The molecule has 0 N–H and O–H groups in total. The minimum atomic E-state index is 0.467. The first-order valence-electron chi connectivity index (χ1n) is 35.6. The Morgan fingerprint density at radius 1 is 0.224 bits per heavy atom. The van der Waals surface area contributed by atoms with E-state index in [9.17, 15) is 0 Å². The quantitative estimate of drug-likeness (QED) is 0.227. The van der Waals surface area contributed by atoms with Crippen molar-refractivity contribution in [2.75, 3.05) is 0 Å². The van der Waals surface area contributed by atoms with Crippen molar-refractivity contribution in [3.05, 3.63) is 0 Å². The van der Waals surface area contributed by atoms with Crippen LogP contribution in [0.4, 0.5) is 0 Å². The third-order valence-electron chi connectivity index (χ3n) is 30.9. The van der Waals surface area contributed by atoms with Gasteiger partial charge in [-0.1, -0.05) is 107 Å². The molecule has 0 spiro atoms. The highest BCUT2D eigenvalue weighted by Gasteiger charge is 2.62. The molecule has 20 atom stereocenters. The molecule has 14 rings (SSSR count). The molecule has 0 bridgehead atoms. The third kappa shape index (κ3) is 8.89. The minimum Gasteiger partial charge on any atom is -0.294 e. The second-order valence-corrected chi connectivity index (χ2v) is 34.5. The van der Waals surface area contributed by atoms with Crippen LogP contribution in [0.1, 0.15) is 287 Å². The Bertz CT molecular complexity index is 1780. The lowest BCUT2D eigenvalue weighted by Gasteiger charge is -2.53. The molecular formula is C72H120N4. The molecule has 14 saturated carbocycles. The molecule has 4 heteroatoms. The molecule has 0 saturated heterocycles.